The first kappa shape index (κ1) is 21.2. The maximum atomic E-state index is 12.5. The number of nitrogens with zero attached hydrogens (tertiary/aromatic N) is 1. The van der Waals surface area contributed by atoms with Gasteiger partial charge >= 0.3 is 11.9 Å². The zero-order chi connectivity index (χ0) is 20.7. The number of Topliss-reactive ketones (excluding diaryl/α,β-unsaturated/α-hetero) is 1. The van der Waals surface area contributed by atoms with Gasteiger partial charge in [-0.3, -0.25) is 14.4 Å². The molecular formula is C21H25NO6. The van der Waals surface area contributed by atoms with Crippen LogP contribution in [0.3, 0.4) is 0 Å². The van der Waals surface area contributed by atoms with E-state index in [4.69, 9.17) is 9.47 Å². The van der Waals surface area contributed by atoms with E-state index in [1.54, 1.807) is 44.4 Å². The van der Waals surface area contributed by atoms with Crippen molar-refractivity contribution in [1.82, 2.24) is 4.57 Å². The van der Waals surface area contributed by atoms with Crippen LogP contribution in [0.15, 0.2) is 30.3 Å². The summed E-state index contributed by atoms with van der Waals surface area (Å²) >= 11 is 0. The van der Waals surface area contributed by atoms with Crippen molar-refractivity contribution in [3.8, 4) is 5.75 Å². The van der Waals surface area contributed by atoms with Crippen LogP contribution in [0.5, 0.6) is 5.75 Å². The Hall–Kier alpha value is -3.09. The highest BCUT2D eigenvalue weighted by atomic mass is 16.5. The van der Waals surface area contributed by atoms with Crippen LogP contribution in [0.1, 0.15) is 33.7 Å². The van der Waals surface area contributed by atoms with Gasteiger partial charge in [0, 0.05) is 23.5 Å². The predicted octanol–water partition coefficient (Wildman–Crippen LogP) is 2.65. The Morgan fingerprint density at radius 3 is 2.46 bits per heavy atom. The van der Waals surface area contributed by atoms with Crippen molar-refractivity contribution < 1.29 is 28.6 Å². The van der Waals surface area contributed by atoms with Gasteiger partial charge in [-0.05, 0) is 37.6 Å². The lowest BCUT2D eigenvalue weighted by Gasteiger charge is -2.09. The maximum absolute atomic E-state index is 12.5. The number of hydrogen-bond donors (Lipinski definition) is 0. The summed E-state index contributed by atoms with van der Waals surface area (Å²) < 4.78 is 16.8. The second-order valence-electron chi connectivity index (χ2n) is 6.37. The molecule has 2 aromatic rings. The summed E-state index contributed by atoms with van der Waals surface area (Å²) in [5, 5.41) is 0. The fraction of sp³-hybridized carbons (Fsp3) is 0.381. The van der Waals surface area contributed by atoms with Crippen molar-refractivity contribution in [1.29, 1.82) is 0 Å². The van der Waals surface area contributed by atoms with Crippen LogP contribution < -0.4 is 4.74 Å². The molecule has 0 saturated carbocycles. The third-order valence-electron chi connectivity index (χ3n) is 4.49. The predicted molar refractivity (Wildman–Crippen MR) is 103 cm³/mol. The molecule has 0 saturated heterocycles. The van der Waals surface area contributed by atoms with Crippen LogP contribution >= 0.6 is 0 Å². The molecule has 28 heavy (non-hydrogen) atoms. The van der Waals surface area contributed by atoms with E-state index in [9.17, 15) is 14.4 Å². The van der Waals surface area contributed by atoms with E-state index in [1.807, 2.05) is 11.5 Å². The molecule has 0 amide bonds. The molecule has 0 bridgehead atoms. The van der Waals surface area contributed by atoms with Crippen molar-refractivity contribution >= 4 is 17.7 Å². The third kappa shape index (κ3) is 5.45. The first-order valence-corrected chi connectivity index (χ1v) is 8.91. The van der Waals surface area contributed by atoms with Gasteiger partial charge in [-0.25, -0.2) is 0 Å². The zero-order valence-corrected chi connectivity index (χ0v) is 16.6. The van der Waals surface area contributed by atoms with E-state index in [1.165, 1.54) is 7.11 Å². The number of aromatic nitrogens is 1. The molecule has 0 atom stereocenters. The summed E-state index contributed by atoms with van der Waals surface area (Å²) in [6, 6.07) is 8.85. The third-order valence-corrected chi connectivity index (χ3v) is 4.49. The molecule has 0 aliphatic rings. The van der Waals surface area contributed by atoms with Gasteiger partial charge in [-0.1, -0.05) is 12.1 Å². The lowest BCUT2D eigenvalue weighted by atomic mass is 10.1. The maximum Gasteiger partial charge on any atom is 0.310 e. The van der Waals surface area contributed by atoms with E-state index in [0.29, 0.717) is 17.9 Å². The number of esters is 2. The molecule has 0 spiro atoms. The molecule has 1 aromatic carbocycles. The summed E-state index contributed by atoms with van der Waals surface area (Å²) in [5.74, 6) is -0.426. The van der Waals surface area contributed by atoms with Crippen molar-refractivity contribution in [3.05, 3.63) is 52.8 Å². The monoisotopic (exact) mass is 387 g/mol. The molecule has 7 heteroatoms. The van der Waals surface area contributed by atoms with Gasteiger partial charge in [0.2, 0.25) is 5.78 Å². The minimum absolute atomic E-state index is 0.0582. The number of ketones is 1. The number of carbonyl (C=O) groups excluding carboxylic acids is 3. The minimum Gasteiger partial charge on any atom is -0.497 e. The number of hydrogen-bond acceptors (Lipinski definition) is 6. The number of ether oxygens (including phenoxy) is 3. The van der Waals surface area contributed by atoms with Crippen LogP contribution in [-0.2, 0) is 32.0 Å². The average Bonchev–Trinajstić information content (AvgIpc) is 2.98. The molecule has 0 aliphatic heterocycles. The second-order valence-corrected chi connectivity index (χ2v) is 6.37. The van der Waals surface area contributed by atoms with Gasteiger partial charge < -0.3 is 18.8 Å². The van der Waals surface area contributed by atoms with Crippen LogP contribution in [0.4, 0.5) is 0 Å². The van der Waals surface area contributed by atoms with E-state index < -0.39 is 5.97 Å². The van der Waals surface area contributed by atoms with Gasteiger partial charge in [-0.2, -0.15) is 0 Å². The number of carbonyl (C=O) groups is 3. The Bertz CT molecular complexity index is 868. The molecule has 7 nitrogen and oxygen atoms in total. The lowest BCUT2D eigenvalue weighted by molar-refractivity contribution is -0.142. The molecule has 0 radical (unpaired) electrons. The molecule has 0 fully saturated rings. The highest BCUT2D eigenvalue weighted by Gasteiger charge is 2.18. The first-order chi connectivity index (χ1) is 13.3. The van der Waals surface area contributed by atoms with Crippen molar-refractivity contribution in [3.63, 3.8) is 0 Å². The van der Waals surface area contributed by atoms with Gasteiger partial charge in [0.1, 0.15) is 5.75 Å². The van der Waals surface area contributed by atoms with Crippen molar-refractivity contribution in [2.24, 2.45) is 0 Å². The number of benzene rings is 1. The first-order valence-electron chi connectivity index (χ1n) is 8.91. The average molecular weight is 387 g/mol. The van der Waals surface area contributed by atoms with Crippen LogP contribution in [0.25, 0.3) is 0 Å². The Balaban J connectivity index is 1.95. The molecular weight excluding hydrogens is 362 g/mol. The number of methoxy groups -OCH3 is 2. The highest BCUT2D eigenvalue weighted by molar-refractivity contribution is 5.99. The largest absolute Gasteiger partial charge is 0.497 e. The SMILES string of the molecule is COC(=O)CCn1c(C)cc(C(=O)COC(=O)Cc2cccc(OC)c2)c1C. The molecule has 1 aromatic heterocycles. The summed E-state index contributed by atoms with van der Waals surface area (Å²) in [4.78, 5) is 35.9. The summed E-state index contributed by atoms with van der Waals surface area (Å²) in [6.07, 6.45) is 0.276. The molecule has 0 unspecified atom stereocenters. The molecule has 0 aliphatic carbocycles. The van der Waals surface area contributed by atoms with Crippen LogP contribution in [-0.4, -0.2) is 43.1 Å². The van der Waals surface area contributed by atoms with Gasteiger partial charge in [0.05, 0.1) is 27.1 Å². The van der Waals surface area contributed by atoms with E-state index in [0.717, 1.165) is 17.0 Å². The summed E-state index contributed by atoms with van der Waals surface area (Å²) in [5.41, 5.74) is 2.82. The smallest absolute Gasteiger partial charge is 0.310 e. The molecule has 0 N–H and O–H groups in total. The van der Waals surface area contributed by atoms with Gasteiger partial charge in [-0.15, -0.1) is 0 Å². The van der Waals surface area contributed by atoms with Crippen molar-refractivity contribution in [2.45, 2.75) is 33.2 Å². The molecule has 150 valence electrons. The molecule has 1 heterocycles. The fourth-order valence-corrected chi connectivity index (χ4v) is 2.96. The van der Waals surface area contributed by atoms with Gasteiger partial charge in [0.15, 0.2) is 6.61 Å². The van der Waals surface area contributed by atoms with E-state index in [-0.39, 0.29) is 31.2 Å². The number of aryl methyl sites for hydroxylation is 1. The normalized spacial score (nSPS) is 10.4. The lowest BCUT2D eigenvalue weighted by Crippen LogP contribution is -2.16. The van der Waals surface area contributed by atoms with E-state index >= 15 is 0 Å². The standard InChI is InChI=1S/C21H25NO6/c1-14-10-18(15(2)22(14)9-8-20(24)27-4)19(23)13-28-21(25)12-16-6-5-7-17(11-16)26-3/h5-7,10-11H,8-9,12-13H2,1-4H3. The Labute approximate surface area is 164 Å². The van der Waals surface area contributed by atoms with Crippen LogP contribution in [0, 0.1) is 13.8 Å². The highest BCUT2D eigenvalue weighted by Crippen LogP contribution is 2.17. The van der Waals surface area contributed by atoms with Crippen molar-refractivity contribution in [2.75, 3.05) is 20.8 Å². The summed E-state index contributed by atoms with van der Waals surface area (Å²) in [7, 11) is 2.89. The second kappa shape index (κ2) is 9.73. The van der Waals surface area contributed by atoms with Gasteiger partial charge in [0.25, 0.3) is 0 Å². The Kier molecular flexibility index (Phi) is 7.37. The van der Waals surface area contributed by atoms with Crippen LogP contribution in [0.2, 0.25) is 0 Å². The zero-order valence-electron chi connectivity index (χ0n) is 16.6. The van der Waals surface area contributed by atoms with E-state index in [2.05, 4.69) is 4.74 Å². The Morgan fingerprint density at radius 1 is 1.04 bits per heavy atom. The quantitative estimate of drug-likeness (QED) is 0.486. The fourth-order valence-electron chi connectivity index (χ4n) is 2.96. The minimum atomic E-state index is -0.485. The number of rotatable bonds is 9. The Morgan fingerprint density at radius 2 is 1.79 bits per heavy atom. The summed E-state index contributed by atoms with van der Waals surface area (Å²) in [6.45, 7) is 3.75. The molecule has 2 rings (SSSR count). The topological polar surface area (TPSA) is 83.8 Å².